The Bertz CT molecular complexity index is 1110. The van der Waals surface area contributed by atoms with Crippen LogP contribution in [0.5, 0.6) is 0 Å². The van der Waals surface area contributed by atoms with Crippen molar-refractivity contribution in [2.24, 2.45) is 5.73 Å². The molecule has 3 heterocycles. The number of nitrogens with zero attached hydrogens (tertiary/aromatic N) is 2. The van der Waals surface area contributed by atoms with Gasteiger partial charge in [0.1, 0.15) is 11.1 Å². The van der Waals surface area contributed by atoms with Gasteiger partial charge in [-0.05, 0) is 74.2 Å². The molecule has 192 valence electrons. The summed E-state index contributed by atoms with van der Waals surface area (Å²) in [6.45, 7) is 2.78. The molecule has 9 nitrogen and oxygen atoms in total. The van der Waals surface area contributed by atoms with Crippen LogP contribution < -0.4 is 26.2 Å². The van der Waals surface area contributed by atoms with Crippen LogP contribution in [-0.4, -0.2) is 60.3 Å². The van der Waals surface area contributed by atoms with Crippen LogP contribution >= 0.6 is 23.2 Å². The molecule has 0 radical (unpaired) electrons. The van der Waals surface area contributed by atoms with Crippen LogP contribution in [0.1, 0.15) is 25.7 Å². The summed E-state index contributed by atoms with van der Waals surface area (Å²) in [7, 11) is 0. The first-order chi connectivity index (χ1) is 17.1. The molecule has 2 aromatic carbocycles. The number of amides is 3. The van der Waals surface area contributed by atoms with Gasteiger partial charge in [0, 0.05) is 47.6 Å². The second kappa shape index (κ2) is 10.5. The number of urea groups is 1. The number of anilines is 2. The molecule has 0 bridgehead atoms. The smallest absolute Gasteiger partial charge is 0.323 e. The van der Waals surface area contributed by atoms with E-state index in [-0.39, 0.29) is 11.9 Å². The third kappa shape index (κ3) is 5.69. The van der Waals surface area contributed by atoms with E-state index in [1.165, 1.54) is 0 Å². The Kier molecular flexibility index (Phi) is 7.63. The summed E-state index contributed by atoms with van der Waals surface area (Å²) in [6.07, 6.45) is 2.16. The summed E-state index contributed by atoms with van der Waals surface area (Å²) in [4.78, 5) is 38.4. The van der Waals surface area contributed by atoms with Crippen molar-refractivity contribution in [1.82, 2.24) is 10.6 Å². The standard InChI is InChI=1S/C13H14ClN3O2.C12H15ClN2O2/c14-9-1-3-10(4-2-9)17-7-5-13(6-8-17)11(18)15-12(19)16-13;13-9-1-3-10(4-2-9)15-7-5-12(14,6-8-15)11(16)17/h1-4H,5-8H2,(H2,15,16,18,19);1-4H,5-8,14H2,(H,16,17). The molecule has 36 heavy (non-hydrogen) atoms. The van der Waals surface area contributed by atoms with Gasteiger partial charge in [0.25, 0.3) is 5.91 Å². The number of carboxylic acids is 1. The lowest BCUT2D eigenvalue weighted by atomic mass is 9.87. The monoisotopic (exact) mass is 533 g/mol. The first-order valence-corrected chi connectivity index (χ1v) is 12.5. The van der Waals surface area contributed by atoms with E-state index in [2.05, 4.69) is 20.4 Å². The number of carbonyl (C=O) groups is 3. The van der Waals surface area contributed by atoms with Crippen molar-refractivity contribution in [2.45, 2.75) is 36.8 Å². The number of piperidine rings is 2. The Labute approximate surface area is 219 Å². The van der Waals surface area contributed by atoms with Crippen molar-refractivity contribution < 1.29 is 19.5 Å². The fourth-order valence-electron chi connectivity index (χ4n) is 4.71. The maximum atomic E-state index is 11.8. The van der Waals surface area contributed by atoms with Gasteiger partial charge in [0.2, 0.25) is 0 Å². The van der Waals surface area contributed by atoms with Crippen LogP contribution in [0.3, 0.4) is 0 Å². The van der Waals surface area contributed by atoms with Crippen molar-refractivity contribution in [3.63, 3.8) is 0 Å². The van der Waals surface area contributed by atoms with E-state index in [0.717, 1.165) is 24.5 Å². The Morgan fingerprint density at radius 2 is 1.22 bits per heavy atom. The second-order valence-corrected chi connectivity index (χ2v) is 10.3. The number of carboxylic acid groups (broad SMARTS) is 1. The number of hydrogen-bond donors (Lipinski definition) is 4. The highest BCUT2D eigenvalue weighted by atomic mass is 35.5. The summed E-state index contributed by atoms with van der Waals surface area (Å²) in [5.41, 5.74) is 6.19. The average molecular weight is 534 g/mol. The number of nitrogens with two attached hydrogens (primary N) is 1. The highest BCUT2D eigenvalue weighted by molar-refractivity contribution is 6.30. The van der Waals surface area contributed by atoms with Crippen LogP contribution in [0.2, 0.25) is 10.0 Å². The van der Waals surface area contributed by atoms with E-state index in [0.29, 0.717) is 48.8 Å². The lowest BCUT2D eigenvalue weighted by Gasteiger charge is -2.38. The Morgan fingerprint density at radius 1 is 0.806 bits per heavy atom. The molecule has 3 saturated heterocycles. The lowest BCUT2D eigenvalue weighted by Crippen LogP contribution is -2.55. The van der Waals surface area contributed by atoms with Gasteiger partial charge in [-0.15, -0.1) is 0 Å². The molecule has 2 aromatic rings. The summed E-state index contributed by atoms with van der Waals surface area (Å²) >= 11 is 11.7. The minimum Gasteiger partial charge on any atom is -0.480 e. The largest absolute Gasteiger partial charge is 0.480 e. The summed E-state index contributed by atoms with van der Waals surface area (Å²) in [5, 5.41) is 15.5. The molecule has 0 saturated carbocycles. The topological polar surface area (TPSA) is 128 Å². The molecular formula is C25H29Cl2N5O4. The summed E-state index contributed by atoms with van der Waals surface area (Å²) in [6, 6.07) is 14.8. The number of hydrogen-bond acceptors (Lipinski definition) is 6. The number of aliphatic carboxylic acids is 1. The maximum Gasteiger partial charge on any atom is 0.323 e. The minimum atomic E-state index is -1.07. The van der Waals surface area contributed by atoms with Crippen molar-refractivity contribution in [2.75, 3.05) is 36.0 Å². The maximum absolute atomic E-state index is 11.8. The number of rotatable bonds is 3. The zero-order valence-corrected chi connectivity index (χ0v) is 21.2. The third-order valence-corrected chi connectivity index (χ3v) is 7.60. The van der Waals surface area contributed by atoms with E-state index in [9.17, 15) is 14.4 Å². The zero-order valence-electron chi connectivity index (χ0n) is 19.7. The first-order valence-electron chi connectivity index (χ1n) is 11.8. The lowest BCUT2D eigenvalue weighted by molar-refractivity contribution is -0.144. The molecular weight excluding hydrogens is 505 g/mol. The minimum absolute atomic E-state index is 0.201. The fraction of sp³-hybridized carbons (Fsp3) is 0.400. The van der Waals surface area contributed by atoms with Gasteiger partial charge in [-0.1, -0.05) is 23.2 Å². The van der Waals surface area contributed by atoms with Gasteiger partial charge in [0.05, 0.1) is 0 Å². The summed E-state index contributed by atoms with van der Waals surface area (Å²) in [5.74, 6) is -1.11. The molecule has 3 fully saturated rings. The van der Waals surface area contributed by atoms with E-state index in [1.807, 2.05) is 48.5 Å². The van der Waals surface area contributed by atoms with Crippen molar-refractivity contribution >= 4 is 52.5 Å². The molecule has 0 unspecified atom stereocenters. The number of benzene rings is 2. The number of carbonyl (C=O) groups excluding carboxylic acids is 2. The first kappa shape index (κ1) is 26.1. The SMILES string of the molecule is NC1(C(=O)O)CCN(c2ccc(Cl)cc2)CC1.O=C1NC(=O)C2(CCN(c3ccc(Cl)cc3)CC2)N1. The quantitative estimate of drug-likeness (QED) is 0.445. The molecule has 5 N–H and O–H groups in total. The van der Waals surface area contributed by atoms with Gasteiger partial charge in [-0.25, -0.2) is 4.79 Å². The predicted octanol–water partition coefficient (Wildman–Crippen LogP) is 3.24. The number of halogens is 2. The predicted molar refractivity (Wildman–Crippen MR) is 140 cm³/mol. The van der Waals surface area contributed by atoms with Gasteiger partial charge >= 0.3 is 12.0 Å². The number of nitrogens with one attached hydrogen (secondary N) is 2. The molecule has 0 atom stereocenters. The molecule has 5 rings (SSSR count). The van der Waals surface area contributed by atoms with Crippen LogP contribution in [0.15, 0.2) is 48.5 Å². The van der Waals surface area contributed by atoms with Gasteiger partial charge < -0.3 is 26.0 Å². The Morgan fingerprint density at radius 3 is 1.58 bits per heavy atom. The van der Waals surface area contributed by atoms with E-state index in [4.69, 9.17) is 34.0 Å². The average Bonchev–Trinajstić information content (AvgIpc) is 3.13. The fourth-order valence-corrected chi connectivity index (χ4v) is 4.96. The second-order valence-electron chi connectivity index (χ2n) is 9.38. The van der Waals surface area contributed by atoms with E-state index < -0.39 is 17.0 Å². The highest BCUT2D eigenvalue weighted by Crippen LogP contribution is 2.29. The van der Waals surface area contributed by atoms with Crippen LogP contribution in [0, 0.1) is 0 Å². The van der Waals surface area contributed by atoms with Crippen LogP contribution in [0.25, 0.3) is 0 Å². The van der Waals surface area contributed by atoms with Crippen molar-refractivity contribution in [1.29, 1.82) is 0 Å². The molecule has 1 spiro atoms. The molecule has 3 aliphatic heterocycles. The molecule has 3 aliphatic rings. The van der Waals surface area contributed by atoms with Crippen molar-refractivity contribution in [3.05, 3.63) is 58.6 Å². The van der Waals surface area contributed by atoms with E-state index >= 15 is 0 Å². The molecule has 0 aliphatic carbocycles. The summed E-state index contributed by atoms with van der Waals surface area (Å²) < 4.78 is 0. The highest BCUT2D eigenvalue weighted by Gasteiger charge is 2.47. The Hall–Kier alpha value is -3.01. The Balaban J connectivity index is 0.000000170. The van der Waals surface area contributed by atoms with Gasteiger partial charge in [-0.2, -0.15) is 0 Å². The van der Waals surface area contributed by atoms with Gasteiger partial charge in [-0.3, -0.25) is 14.9 Å². The molecule has 11 heteroatoms. The van der Waals surface area contributed by atoms with Gasteiger partial charge in [0.15, 0.2) is 0 Å². The number of imide groups is 1. The van der Waals surface area contributed by atoms with Crippen LogP contribution in [-0.2, 0) is 9.59 Å². The third-order valence-electron chi connectivity index (χ3n) is 7.10. The van der Waals surface area contributed by atoms with Crippen molar-refractivity contribution in [3.8, 4) is 0 Å². The zero-order chi connectivity index (χ0) is 25.9. The normalized spacial score (nSPS) is 20.3. The van der Waals surface area contributed by atoms with Crippen LogP contribution in [0.4, 0.5) is 16.2 Å². The molecule has 0 aromatic heterocycles. The molecule has 3 amide bonds. The van der Waals surface area contributed by atoms with E-state index in [1.54, 1.807) is 0 Å².